The van der Waals surface area contributed by atoms with Crippen LogP contribution >= 0.6 is 0 Å². The molecule has 1 aromatic heterocycles. The second-order valence-corrected chi connectivity index (χ2v) is 7.32. The molecular formula is C20H25N5O2. The molecule has 1 fully saturated rings. The Balaban J connectivity index is 1.33. The summed E-state index contributed by atoms with van der Waals surface area (Å²) in [7, 11) is 0. The summed E-state index contributed by atoms with van der Waals surface area (Å²) in [4.78, 5) is 31.4. The van der Waals surface area contributed by atoms with E-state index < -0.39 is 0 Å². The van der Waals surface area contributed by atoms with Crippen LogP contribution in [0, 0.1) is 6.92 Å². The van der Waals surface area contributed by atoms with E-state index in [9.17, 15) is 9.59 Å². The number of nitrogens with zero attached hydrogens (tertiary/aromatic N) is 3. The predicted molar refractivity (Wildman–Crippen MR) is 102 cm³/mol. The summed E-state index contributed by atoms with van der Waals surface area (Å²) in [6.07, 6.45) is 3.27. The van der Waals surface area contributed by atoms with Gasteiger partial charge in [-0.15, -0.1) is 0 Å². The highest BCUT2D eigenvalue weighted by atomic mass is 16.2. The normalized spacial score (nSPS) is 17.4. The van der Waals surface area contributed by atoms with Crippen molar-refractivity contribution in [3.8, 4) is 0 Å². The van der Waals surface area contributed by atoms with Crippen molar-refractivity contribution in [1.82, 2.24) is 25.1 Å². The van der Waals surface area contributed by atoms with Gasteiger partial charge in [-0.05, 0) is 31.9 Å². The lowest BCUT2D eigenvalue weighted by atomic mass is 10.0. The number of amides is 2. The first-order valence-electron chi connectivity index (χ1n) is 9.53. The molecule has 7 heteroatoms. The van der Waals surface area contributed by atoms with Crippen LogP contribution in [0.3, 0.4) is 0 Å². The lowest BCUT2D eigenvalue weighted by molar-refractivity contribution is 0.0697. The van der Waals surface area contributed by atoms with Gasteiger partial charge in [-0.25, -0.2) is 4.98 Å². The van der Waals surface area contributed by atoms with Gasteiger partial charge in [0.05, 0.1) is 12.0 Å². The standard InChI is InChI=1S/C20H25N5O2/c1-14-2-4-15(5-3-14)20(27)24-9-6-16(7-10-24)23-19(26)18-17-12-21-8-11-25(17)13-22-18/h2-5,13,16,21H,6-12H2,1H3,(H,23,26). The summed E-state index contributed by atoms with van der Waals surface area (Å²) in [6, 6.07) is 7.75. The van der Waals surface area contributed by atoms with Crippen molar-refractivity contribution in [2.45, 2.75) is 38.9 Å². The first-order chi connectivity index (χ1) is 13.1. The summed E-state index contributed by atoms with van der Waals surface area (Å²) in [5.74, 6) is -0.0511. The lowest BCUT2D eigenvalue weighted by Crippen LogP contribution is -2.46. The maximum absolute atomic E-state index is 12.6. The fraction of sp³-hybridized carbons (Fsp3) is 0.450. The average molecular weight is 367 g/mol. The van der Waals surface area contributed by atoms with E-state index in [4.69, 9.17) is 0 Å². The van der Waals surface area contributed by atoms with Gasteiger partial charge in [0.1, 0.15) is 0 Å². The van der Waals surface area contributed by atoms with Gasteiger partial charge in [0.25, 0.3) is 11.8 Å². The number of aromatic nitrogens is 2. The van der Waals surface area contributed by atoms with Gasteiger partial charge in [-0.3, -0.25) is 9.59 Å². The van der Waals surface area contributed by atoms with E-state index in [0.29, 0.717) is 25.3 Å². The number of nitrogens with one attached hydrogen (secondary N) is 2. The van der Waals surface area contributed by atoms with Gasteiger partial charge in [0.15, 0.2) is 5.69 Å². The molecule has 2 aromatic rings. The molecule has 0 radical (unpaired) electrons. The smallest absolute Gasteiger partial charge is 0.272 e. The zero-order chi connectivity index (χ0) is 18.8. The van der Waals surface area contributed by atoms with Gasteiger partial charge in [-0.1, -0.05) is 17.7 Å². The molecule has 142 valence electrons. The molecule has 0 spiro atoms. The number of rotatable bonds is 3. The zero-order valence-corrected chi connectivity index (χ0v) is 15.6. The third-order valence-corrected chi connectivity index (χ3v) is 5.40. The Kier molecular flexibility index (Phi) is 4.94. The van der Waals surface area contributed by atoms with Gasteiger partial charge < -0.3 is 20.1 Å². The molecule has 4 rings (SSSR count). The molecule has 2 aliphatic heterocycles. The summed E-state index contributed by atoms with van der Waals surface area (Å²) < 4.78 is 2.04. The van der Waals surface area contributed by atoms with Gasteiger partial charge in [0, 0.05) is 44.3 Å². The predicted octanol–water partition coefficient (Wildman–Crippen LogP) is 1.33. The number of carbonyl (C=O) groups is 2. The molecule has 27 heavy (non-hydrogen) atoms. The number of aryl methyl sites for hydroxylation is 1. The fourth-order valence-electron chi connectivity index (χ4n) is 3.74. The Bertz CT molecular complexity index is 835. The van der Waals surface area contributed by atoms with Crippen molar-refractivity contribution in [2.24, 2.45) is 0 Å². The Morgan fingerprint density at radius 3 is 2.63 bits per heavy atom. The Morgan fingerprint density at radius 2 is 1.89 bits per heavy atom. The summed E-state index contributed by atoms with van der Waals surface area (Å²) >= 11 is 0. The van der Waals surface area contributed by atoms with Crippen LogP contribution in [0.1, 0.15) is 44.9 Å². The number of hydrogen-bond donors (Lipinski definition) is 2. The van der Waals surface area contributed by atoms with Crippen molar-refractivity contribution in [3.63, 3.8) is 0 Å². The van der Waals surface area contributed by atoms with Crippen LogP contribution in [0.25, 0.3) is 0 Å². The van der Waals surface area contributed by atoms with E-state index in [1.54, 1.807) is 6.33 Å². The molecule has 2 amide bonds. The first-order valence-corrected chi connectivity index (χ1v) is 9.53. The molecule has 1 saturated heterocycles. The van der Waals surface area contributed by atoms with E-state index in [1.165, 1.54) is 0 Å². The summed E-state index contributed by atoms with van der Waals surface area (Å²) in [5.41, 5.74) is 3.33. The first kappa shape index (κ1) is 17.7. The number of hydrogen-bond acceptors (Lipinski definition) is 4. The van der Waals surface area contributed by atoms with E-state index in [2.05, 4.69) is 15.6 Å². The van der Waals surface area contributed by atoms with Gasteiger partial charge in [-0.2, -0.15) is 0 Å². The van der Waals surface area contributed by atoms with E-state index in [1.807, 2.05) is 40.7 Å². The van der Waals surface area contributed by atoms with Crippen molar-refractivity contribution in [1.29, 1.82) is 0 Å². The van der Waals surface area contributed by atoms with Crippen LogP contribution in [0.5, 0.6) is 0 Å². The van der Waals surface area contributed by atoms with E-state index in [0.717, 1.165) is 42.8 Å². The number of imidazole rings is 1. The van der Waals surface area contributed by atoms with Crippen LogP contribution in [0.2, 0.25) is 0 Å². The second kappa shape index (κ2) is 7.52. The molecule has 0 saturated carbocycles. The molecular weight excluding hydrogens is 342 g/mol. The van der Waals surface area contributed by atoms with Crippen molar-refractivity contribution < 1.29 is 9.59 Å². The number of piperidine rings is 1. The third kappa shape index (κ3) is 3.73. The van der Waals surface area contributed by atoms with E-state index in [-0.39, 0.29) is 17.9 Å². The molecule has 7 nitrogen and oxygen atoms in total. The highest BCUT2D eigenvalue weighted by molar-refractivity contribution is 5.95. The lowest BCUT2D eigenvalue weighted by Gasteiger charge is -2.32. The van der Waals surface area contributed by atoms with Crippen LogP contribution in [-0.4, -0.2) is 51.9 Å². The molecule has 0 aliphatic carbocycles. The fourth-order valence-corrected chi connectivity index (χ4v) is 3.74. The van der Waals surface area contributed by atoms with Gasteiger partial charge >= 0.3 is 0 Å². The number of likely N-dealkylation sites (tertiary alicyclic amines) is 1. The highest BCUT2D eigenvalue weighted by Gasteiger charge is 2.27. The monoisotopic (exact) mass is 367 g/mol. The summed E-state index contributed by atoms with van der Waals surface area (Å²) in [5, 5.41) is 6.38. The molecule has 2 N–H and O–H groups in total. The third-order valence-electron chi connectivity index (χ3n) is 5.40. The molecule has 0 unspecified atom stereocenters. The Morgan fingerprint density at radius 1 is 1.15 bits per heavy atom. The number of fused-ring (bicyclic) bond motifs is 1. The summed E-state index contributed by atoms with van der Waals surface area (Å²) in [6.45, 7) is 5.73. The van der Waals surface area contributed by atoms with E-state index >= 15 is 0 Å². The Labute approximate surface area is 158 Å². The molecule has 2 aliphatic rings. The van der Waals surface area contributed by atoms with Crippen molar-refractivity contribution in [2.75, 3.05) is 19.6 Å². The SMILES string of the molecule is Cc1ccc(C(=O)N2CCC(NC(=O)c3ncn4c3CNCC4)CC2)cc1. The molecule has 1 aromatic carbocycles. The zero-order valence-electron chi connectivity index (χ0n) is 15.6. The second-order valence-electron chi connectivity index (χ2n) is 7.32. The molecule has 0 bridgehead atoms. The minimum absolute atomic E-state index is 0.0639. The molecule has 3 heterocycles. The van der Waals surface area contributed by atoms with Crippen molar-refractivity contribution in [3.05, 3.63) is 53.1 Å². The van der Waals surface area contributed by atoms with Crippen LogP contribution < -0.4 is 10.6 Å². The van der Waals surface area contributed by atoms with Crippen LogP contribution in [0.15, 0.2) is 30.6 Å². The average Bonchev–Trinajstić information content (AvgIpc) is 3.13. The quantitative estimate of drug-likeness (QED) is 0.858. The van der Waals surface area contributed by atoms with Crippen LogP contribution in [-0.2, 0) is 13.1 Å². The topological polar surface area (TPSA) is 79.3 Å². The number of benzene rings is 1. The minimum atomic E-state index is -0.115. The molecule has 0 atom stereocenters. The van der Waals surface area contributed by atoms with Crippen LogP contribution in [0.4, 0.5) is 0 Å². The Hall–Kier alpha value is -2.67. The maximum atomic E-state index is 12.6. The van der Waals surface area contributed by atoms with Gasteiger partial charge in [0.2, 0.25) is 0 Å². The maximum Gasteiger partial charge on any atom is 0.272 e. The highest BCUT2D eigenvalue weighted by Crippen LogP contribution is 2.16. The minimum Gasteiger partial charge on any atom is -0.348 e. The van der Waals surface area contributed by atoms with Crippen molar-refractivity contribution >= 4 is 11.8 Å². The number of carbonyl (C=O) groups excluding carboxylic acids is 2. The largest absolute Gasteiger partial charge is 0.348 e.